The van der Waals surface area contributed by atoms with Crippen LogP contribution >= 0.6 is 11.8 Å². The molecule has 1 saturated carbocycles. The highest BCUT2D eigenvalue weighted by molar-refractivity contribution is 7.99. The fourth-order valence-corrected chi connectivity index (χ4v) is 6.03. The number of benzene rings is 2. The van der Waals surface area contributed by atoms with Crippen LogP contribution in [0.2, 0.25) is 0 Å². The van der Waals surface area contributed by atoms with Gasteiger partial charge in [0, 0.05) is 19.0 Å². The molecule has 4 aromatic rings. The van der Waals surface area contributed by atoms with E-state index < -0.39 is 0 Å². The second-order valence-corrected chi connectivity index (χ2v) is 11.2. The first-order valence-electron chi connectivity index (χ1n) is 13.8. The summed E-state index contributed by atoms with van der Waals surface area (Å²) >= 11 is 1.30. The number of amides is 2. The third-order valence-corrected chi connectivity index (χ3v) is 8.39. The Morgan fingerprint density at radius 3 is 2.50 bits per heavy atom. The van der Waals surface area contributed by atoms with Gasteiger partial charge in [0.05, 0.1) is 29.5 Å². The molecule has 1 aliphatic rings. The highest BCUT2D eigenvalue weighted by Crippen LogP contribution is 2.31. The molecule has 0 unspecified atom stereocenters. The number of thioether (sulfide) groups is 1. The second-order valence-electron chi connectivity index (χ2n) is 10.2. The van der Waals surface area contributed by atoms with Gasteiger partial charge < -0.3 is 15.1 Å². The van der Waals surface area contributed by atoms with E-state index in [0.29, 0.717) is 35.7 Å². The maximum Gasteiger partial charge on any atom is 0.262 e. The summed E-state index contributed by atoms with van der Waals surface area (Å²) in [6, 6.07) is 21.0. The van der Waals surface area contributed by atoms with Gasteiger partial charge in [-0.3, -0.25) is 19.0 Å². The van der Waals surface area contributed by atoms with Gasteiger partial charge in [-0.25, -0.2) is 4.98 Å². The van der Waals surface area contributed by atoms with Crippen molar-refractivity contribution in [3.8, 4) is 0 Å². The zero-order valence-corrected chi connectivity index (χ0v) is 23.2. The van der Waals surface area contributed by atoms with Crippen LogP contribution in [-0.2, 0) is 29.1 Å². The first kappa shape index (κ1) is 27.7. The summed E-state index contributed by atoms with van der Waals surface area (Å²) in [4.78, 5) is 43.5. The average Bonchev–Trinajstić information content (AvgIpc) is 3.51. The predicted molar refractivity (Wildman–Crippen MR) is 156 cm³/mol. The molecular weight excluding hydrogens is 524 g/mol. The third kappa shape index (κ3) is 7.21. The molecule has 0 saturated heterocycles. The van der Waals surface area contributed by atoms with Crippen molar-refractivity contribution in [3.05, 3.63) is 94.7 Å². The number of nitrogens with zero attached hydrogens (tertiary/aromatic N) is 2. The van der Waals surface area contributed by atoms with Crippen LogP contribution in [0.1, 0.15) is 37.0 Å². The lowest BCUT2D eigenvalue weighted by Gasteiger charge is -2.28. The second kappa shape index (κ2) is 13.5. The summed E-state index contributed by atoms with van der Waals surface area (Å²) in [6.45, 7) is 1.47. The van der Waals surface area contributed by atoms with Crippen molar-refractivity contribution in [1.29, 1.82) is 0 Å². The molecule has 1 aliphatic carbocycles. The van der Waals surface area contributed by atoms with Crippen LogP contribution < -0.4 is 16.2 Å². The van der Waals surface area contributed by atoms with Crippen LogP contribution in [0.25, 0.3) is 10.9 Å². The molecule has 0 aliphatic heterocycles. The van der Waals surface area contributed by atoms with Crippen molar-refractivity contribution in [2.75, 3.05) is 12.3 Å². The summed E-state index contributed by atoms with van der Waals surface area (Å²) in [5.41, 5.74) is 1.72. The molecular formula is C31H34N4O4S. The Morgan fingerprint density at radius 1 is 0.950 bits per heavy atom. The minimum absolute atomic E-state index is 0.0360. The van der Waals surface area contributed by atoms with Crippen LogP contribution in [-0.4, -0.2) is 33.7 Å². The molecule has 2 aromatic carbocycles. The molecule has 40 heavy (non-hydrogen) atoms. The normalized spacial score (nSPS) is 17.0. The summed E-state index contributed by atoms with van der Waals surface area (Å²) in [5, 5.41) is 7.07. The number of carbonyl (C=O) groups is 2. The molecule has 1 fully saturated rings. The van der Waals surface area contributed by atoms with Crippen molar-refractivity contribution >= 4 is 34.5 Å². The van der Waals surface area contributed by atoms with Crippen LogP contribution in [0.4, 0.5) is 0 Å². The third-order valence-electron chi connectivity index (χ3n) is 7.41. The molecule has 0 spiro atoms. The fourth-order valence-electron chi connectivity index (χ4n) is 5.19. The lowest BCUT2D eigenvalue weighted by atomic mass is 9.81. The first-order chi connectivity index (χ1) is 19.6. The van der Waals surface area contributed by atoms with E-state index in [-0.39, 0.29) is 35.0 Å². The minimum Gasteiger partial charge on any atom is -0.467 e. The number of carbonyl (C=O) groups excluding carboxylic acids is 2. The Morgan fingerprint density at radius 2 is 1.73 bits per heavy atom. The molecule has 208 valence electrons. The molecule has 8 nitrogen and oxygen atoms in total. The number of nitrogens with one attached hydrogen (secondary N) is 2. The van der Waals surface area contributed by atoms with E-state index in [1.165, 1.54) is 17.3 Å². The van der Waals surface area contributed by atoms with Crippen molar-refractivity contribution in [2.24, 2.45) is 11.8 Å². The molecule has 2 amide bonds. The standard InChI is InChI=1S/C31H34N4O4S/c36-28(32-17-16-22-7-2-1-3-8-22)21-40-31-34-27-11-5-4-10-26(27)30(38)35(31)20-23-12-14-24(15-13-23)29(37)33-19-25-9-6-18-39-25/h1-11,18,23-24H,12-17,19-21H2,(H,32,36)(H,33,37). The van der Waals surface area contributed by atoms with Gasteiger partial charge in [0.1, 0.15) is 5.76 Å². The largest absolute Gasteiger partial charge is 0.467 e. The monoisotopic (exact) mass is 558 g/mol. The van der Waals surface area contributed by atoms with Crippen molar-refractivity contribution < 1.29 is 14.0 Å². The molecule has 5 rings (SSSR count). The van der Waals surface area contributed by atoms with Gasteiger partial charge in [0.2, 0.25) is 11.8 Å². The van der Waals surface area contributed by atoms with Crippen molar-refractivity contribution in [3.63, 3.8) is 0 Å². The number of aromatic nitrogens is 2. The van der Waals surface area contributed by atoms with E-state index in [1.54, 1.807) is 23.0 Å². The number of hydrogen-bond acceptors (Lipinski definition) is 6. The smallest absolute Gasteiger partial charge is 0.262 e. The molecule has 0 bridgehead atoms. The Bertz CT molecular complexity index is 1480. The van der Waals surface area contributed by atoms with Crippen molar-refractivity contribution in [2.45, 2.75) is 50.4 Å². The van der Waals surface area contributed by atoms with E-state index >= 15 is 0 Å². The summed E-state index contributed by atoms with van der Waals surface area (Å²) < 4.78 is 7.03. The Kier molecular flexibility index (Phi) is 9.34. The van der Waals surface area contributed by atoms with Crippen LogP contribution in [0.5, 0.6) is 0 Å². The summed E-state index contributed by atoms with van der Waals surface area (Å²) in [6.07, 6.45) is 5.61. The van der Waals surface area contributed by atoms with Gasteiger partial charge >= 0.3 is 0 Å². The topological polar surface area (TPSA) is 106 Å². The predicted octanol–water partition coefficient (Wildman–Crippen LogP) is 4.56. The Labute approximate surface area is 237 Å². The van der Waals surface area contributed by atoms with Crippen LogP contribution in [0.15, 0.2) is 87.4 Å². The summed E-state index contributed by atoms with van der Waals surface area (Å²) in [7, 11) is 0. The summed E-state index contributed by atoms with van der Waals surface area (Å²) in [5.74, 6) is 1.10. The Hall–Kier alpha value is -3.85. The van der Waals surface area contributed by atoms with E-state index in [9.17, 15) is 14.4 Å². The lowest BCUT2D eigenvalue weighted by molar-refractivity contribution is -0.126. The molecule has 2 N–H and O–H groups in total. The minimum atomic E-state index is -0.0871. The zero-order chi connectivity index (χ0) is 27.7. The number of hydrogen-bond donors (Lipinski definition) is 2. The molecule has 2 heterocycles. The van der Waals surface area contributed by atoms with Gasteiger partial charge in [0.15, 0.2) is 5.16 Å². The fraction of sp³-hybridized carbons (Fsp3) is 0.355. The molecule has 0 radical (unpaired) electrons. The van der Waals surface area contributed by atoms with Crippen LogP contribution in [0.3, 0.4) is 0 Å². The van der Waals surface area contributed by atoms with E-state index in [1.807, 2.05) is 54.6 Å². The maximum absolute atomic E-state index is 13.5. The van der Waals surface area contributed by atoms with Gasteiger partial charge in [-0.1, -0.05) is 54.2 Å². The van der Waals surface area contributed by atoms with Gasteiger partial charge in [-0.05, 0) is 67.9 Å². The van der Waals surface area contributed by atoms with E-state index in [2.05, 4.69) is 10.6 Å². The molecule has 2 aromatic heterocycles. The molecule has 0 atom stereocenters. The van der Waals surface area contributed by atoms with Gasteiger partial charge in [0.25, 0.3) is 5.56 Å². The number of rotatable bonds is 11. The quantitative estimate of drug-likeness (QED) is 0.206. The lowest BCUT2D eigenvalue weighted by Crippen LogP contribution is -2.34. The van der Waals surface area contributed by atoms with Gasteiger partial charge in [-0.2, -0.15) is 0 Å². The Balaban J connectivity index is 1.19. The highest BCUT2D eigenvalue weighted by Gasteiger charge is 2.27. The van der Waals surface area contributed by atoms with Crippen LogP contribution in [0, 0.1) is 11.8 Å². The SMILES string of the molecule is O=C(CSc1nc2ccccc2c(=O)n1CC1CCC(C(=O)NCc2ccco2)CC1)NCCc1ccccc1. The van der Waals surface area contributed by atoms with E-state index in [0.717, 1.165) is 37.9 Å². The number of furan rings is 1. The average molecular weight is 559 g/mol. The maximum atomic E-state index is 13.5. The zero-order valence-electron chi connectivity index (χ0n) is 22.4. The van der Waals surface area contributed by atoms with E-state index in [4.69, 9.17) is 9.40 Å². The first-order valence-corrected chi connectivity index (χ1v) is 14.8. The van der Waals surface area contributed by atoms with Gasteiger partial charge in [-0.15, -0.1) is 0 Å². The highest BCUT2D eigenvalue weighted by atomic mass is 32.2. The molecule has 9 heteroatoms. The van der Waals surface area contributed by atoms with Crippen molar-refractivity contribution in [1.82, 2.24) is 20.2 Å². The number of para-hydroxylation sites is 1. The number of fused-ring (bicyclic) bond motifs is 1.